The molecule has 126 valence electrons. The standard InChI is InChI=1S/C20H31N3/c1-15(2)13-23(14-16(3)4)19-9-8-17(12-18(19)21)20(22-5)10-6-7-11-20/h8-9,12,15-16H,6-7,10-11,13-14,21H2,1-4H3. The number of nitrogen functional groups attached to an aromatic ring is 1. The molecule has 3 nitrogen and oxygen atoms in total. The molecule has 0 unspecified atom stereocenters. The lowest BCUT2D eigenvalue weighted by atomic mass is 9.88. The van der Waals surface area contributed by atoms with Gasteiger partial charge in [0.1, 0.15) is 0 Å². The zero-order valence-electron chi connectivity index (χ0n) is 15.1. The predicted octanol–water partition coefficient (Wildman–Crippen LogP) is 5.08. The van der Waals surface area contributed by atoms with E-state index in [1.165, 1.54) is 0 Å². The lowest BCUT2D eigenvalue weighted by molar-refractivity contribution is 0.548. The Morgan fingerprint density at radius 1 is 1.13 bits per heavy atom. The summed E-state index contributed by atoms with van der Waals surface area (Å²) in [7, 11) is 0. The third-order valence-electron chi connectivity index (χ3n) is 4.72. The van der Waals surface area contributed by atoms with E-state index in [4.69, 9.17) is 12.3 Å². The van der Waals surface area contributed by atoms with E-state index in [0.717, 1.165) is 55.7 Å². The van der Waals surface area contributed by atoms with Gasteiger partial charge < -0.3 is 15.5 Å². The van der Waals surface area contributed by atoms with E-state index in [-0.39, 0.29) is 5.54 Å². The first-order chi connectivity index (χ1) is 10.9. The fraction of sp³-hybridized carbons (Fsp3) is 0.650. The molecule has 0 aromatic heterocycles. The van der Waals surface area contributed by atoms with E-state index < -0.39 is 0 Å². The minimum Gasteiger partial charge on any atom is -0.397 e. The second-order valence-corrected chi connectivity index (χ2v) is 7.82. The van der Waals surface area contributed by atoms with Gasteiger partial charge in [-0.2, -0.15) is 0 Å². The summed E-state index contributed by atoms with van der Waals surface area (Å²) >= 11 is 0. The molecular weight excluding hydrogens is 282 g/mol. The largest absolute Gasteiger partial charge is 0.397 e. The van der Waals surface area contributed by atoms with Gasteiger partial charge in [0.2, 0.25) is 0 Å². The van der Waals surface area contributed by atoms with E-state index in [1.807, 2.05) is 0 Å². The predicted molar refractivity (Wildman–Crippen MR) is 99.5 cm³/mol. The van der Waals surface area contributed by atoms with Crippen LogP contribution in [0, 0.1) is 18.4 Å². The molecule has 1 aromatic rings. The van der Waals surface area contributed by atoms with Crippen molar-refractivity contribution in [3.63, 3.8) is 0 Å². The van der Waals surface area contributed by atoms with Crippen molar-refractivity contribution in [2.24, 2.45) is 11.8 Å². The van der Waals surface area contributed by atoms with Gasteiger partial charge in [0.25, 0.3) is 5.54 Å². The van der Waals surface area contributed by atoms with Gasteiger partial charge in [0, 0.05) is 31.5 Å². The fourth-order valence-electron chi connectivity index (χ4n) is 3.71. The molecule has 0 saturated heterocycles. The van der Waals surface area contributed by atoms with Crippen LogP contribution in [0.15, 0.2) is 18.2 Å². The molecule has 0 bridgehead atoms. The molecule has 1 aliphatic carbocycles. The van der Waals surface area contributed by atoms with Gasteiger partial charge in [0.05, 0.1) is 11.4 Å². The first-order valence-electron chi connectivity index (χ1n) is 8.91. The topological polar surface area (TPSA) is 33.6 Å². The summed E-state index contributed by atoms with van der Waals surface area (Å²) in [6.45, 7) is 18.6. The minimum absolute atomic E-state index is 0.326. The van der Waals surface area contributed by atoms with Crippen molar-refractivity contribution in [1.29, 1.82) is 0 Å². The maximum atomic E-state index is 7.65. The zero-order chi connectivity index (χ0) is 17.0. The quantitative estimate of drug-likeness (QED) is 0.587. The Bertz CT molecular complexity index is 553. The first kappa shape index (κ1) is 17.7. The van der Waals surface area contributed by atoms with Crippen LogP contribution in [-0.2, 0) is 5.54 Å². The summed E-state index contributed by atoms with van der Waals surface area (Å²) < 4.78 is 0. The maximum absolute atomic E-state index is 7.65. The Kier molecular flexibility index (Phi) is 5.57. The Balaban J connectivity index is 2.32. The van der Waals surface area contributed by atoms with E-state index in [1.54, 1.807) is 0 Å². The number of nitrogens with two attached hydrogens (primary N) is 1. The van der Waals surface area contributed by atoms with Crippen LogP contribution in [0.25, 0.3) is 4.85 Å². The summed E-state index contributed by atoms with van der Waals surface area (Å²) in [5.74, 6) is 1.19. The van der Waals surface area contributed by atoms with Crippen LogP contribution >= 0.6 is 0 Å². The SMILES string of the molecule is [C-]#[N+]C1(c2ccc(N(CC(C)C)CC(C)C)c(N)c2)CCCC1. The number of hydrogen-bond acceptors (Lipinski definition) is 2. The zero-order valence-corrected chi connectivity index (χ0v) is 15.1. The normalized spacial score (nSPS) is 16.7. The van der Waals surface area contributed by atoms with Crippen molar-refractivity contribution >= 4 is 11.4 Å². The molecular formula is C20H31N3. The number of anilines is 2. The molecule has 0 aliphatic heterocycles. The van der Waals surface area contributed by atoms with Gasteiger partial charge in [-0.15, -0.1) is 0 Å². The maximum Gasteiger partial charge on any atom is 0.257 e. The van der Waals surface area contributed by atoms with E-state index in [9.17, 15) is 0 Å². The summed E-state index contributed by atoms with van der Waals surface area (Å²) in [5.41, 5.74) is 9.13. The Hall–Kier alpha value is -1.69. The molecule has 2 rings (SSSR count). The van der Waals surface area contributed by atoms with Crippen molar-refractivity contribution in [2.45, 2.75) is 58.9 Å². The second kappa shape index (κ2) is 7.25. The Morgan fingerprint density at radius 2 is 1.70 bits per heavy atom. The van der Waals surface area contributed by atoms with Crippen LogP contribution in [0.2, 0.25) is 0 Å². The van der Waals surface area contributed by atoms with Crippen LogP contribution in [0.3, 0.4) is 0 Å². The highest BCUT2D eigenvalue weighted by molar-refractivity contribution is 5.69. The van der Waals surface area contributed by atoms with Crippen molar-refractivity contribution in [3.8, 4) is 0 Å². The summed E-state index contributed by atoms with van der Waals surface area (Å²) in [6, 6.07) is 6.34. The molecule has 0 amide bonds. The molecule has 23 heavy (non-hydrogen) atoms. The van der Waals surface area contributed by atoms with Gasteiger partial charge in [-0.05, 0) is 42.9 Å². The van der Waals surface area contributed by atoms with Gasteiger partial charge in [-0.3, -0.25) is 0 Å². The number of hydrogen-bond donors (Lipinski definition) is 1. The third-order valence-corrected chi connectivity index (χ3v) is 4.72. The van der Waals surface area contributed by atoms with Gasteiger partial charge in [-0.25, -0.2) is 6.57 Å². The van der Waals surface area contributed by atoms with Crippen molar-refractivity contribution in [2.75, 3.05) is 23.7 Å². The van der Waals surface area contributed by atoms with Crippen molar-refractivity contribution in [3.05, 3.63) is 35.2 Å². The lowest BCUT2D eigenvalue weighted by Crippen LogP contribution is -2.32. The summed E-state index contributed by atoms with van der Waals surface area (Å²) in [5, 5.41) is 0. The molecule has 1 fully saturated rings. The summed E-state index contributed by atoms with van der Waals surface area (Å²) in [6.07, 6.45) is 4.24. The van der Waals surface area contributed by atoms with Crippen LogP contribution in [0.4, 0.5) is 11.4 Å². The summed E-state index contributed by atoms with van der Waals surface area (Å²) in [4.78, 5) is 6.38. The highest BCUT2D eigenvalue weighted by Crippen LogP contribution is 2.44. The molecule has 0 heterocycles. The van der Waals surface area contributed by atoms with Gasteiger partial charge in [0.15, 0.2) is 0 Å². The highest BCUT2D eigenvalue weighted by Gasteiger charge is 2.42. The molecule has 0 atom stereocenters. The lowest BCUT2D eigenvalue weighted by Gasteiger charge is -2.30. The number of benzene rings is 1. The monoisotopic (exact) mass is 313 g/mol. The molecule has 0 spiro atoms. The fourth-order valence-corrected chi connectivity index (χ4v) is 3.71. The van der Waals surface area contributed by atoms with Crippen molar-refractivity contribution in [1.82, 2.24) is 0 Å². The average molecular weight is 313 g/mol. The van der Waals surface area contributed by atoms with Crippen LogP contribution in [-0.4, -0.2) is 13.1 Å². The first-order valence-corrected chi connectivity index (χ1v) is 8.91. The average Bonchev–Trinajstić information content (AvgIpc) is 2.95. The minimum atomic E-state index is -0.326. The number of rotatable bonds is 6. The Labute approximate surface area is 141 Å². The molecule has 3 heteroatoms. The van der Waals surface area contributed by atoms with Gasteiger partial charge >= 0.3 is 0 Å². The van der Waals surface area contributed by atoms with Crippen LogP contribution < -0.4 is 10.6 Å². The number of nitrogens with zero attached hydrogens (tertiary/aromatic N) is 2. The van der Waals surface area contributed by atoms with Crippen LogP contribution in [0.1, 0.15) is 58.9 Å². The third kappa shape index (κ3) is 3.99. The van der Waals surface area contributed by atoms with E-state index in [0.29, 0.717) is 11.8 Å². The van der Waals surface area contributed by atoms with Crippen LogP contribution in [0.5, 0.6) is 0 Å². The van der Waals surface area contributed by atoms with Gasteiger partial charge in [-0.1, -0.05) is 27.7 Å². The molecule has 1 aliphatic rings. The Morgan fingerprint density at radius 3 is 2.13 bits per heavy atom. The van der Waals surface area contributed by atoms with Crippen molar-refractivity contribution < 1.29 is 0 Å². The molecule has 1 aromatic carbocycles. The van der Waals surface area contributed by atoms with E-state index in [2.05, 4.69) is 55.6 Å². The molecule has 0 radical (unpaired) electrons. The smallest absolute Gasteiger partial charge is 0.257 e. The van der Waals surface area contributed by atoms with E-state index >= 15 is 0 Å². The molecule has 1 saturated carbocycles. The highest BCUT2D eigenvalue weighted by atomic mass is 15.1. The molecule has 2 N–H and O–H groups in total. The second-order valence-electron chi connectivity index (χ2n) is 7.82.